The van der Waals surface area contributed by atoms with Gasteiger partial charge in [-0.2, -0.15) is 4.98 Å². The second-order valence-electron chi connectivity index (χ2n) is 6.52. The van der Waals surface area contributed by atoms with Gasteiger partial charge in [0, 0.05) is 6.92 Å². The third-order valence-corrected chi connectivity index (χ3v) is 4.68. The van der Waals surface area contributed by atoms with Crippen molar-refractivity contribution in [3.05, 3.63) is 65.7 Å². The van der Waals surface area contributed by atoms with Crippen molar-refractivity contribution in [3.63, 3.8) is 0 Å². The smallest absolute Gasteiger partial charge is 0.250 e. The first-order chi connectivity index (χ1) is 13.1. The summed E-state index contributed by atoms with van der Waals surface area (Å²) in [5, 5.41) is 10.6. The van der Waals surface area contributed by atoms with E-state index in [0.29, 0.717) is 11.9 Å². The molecule has 0 radical (unpaired) electrons. The molecule has 1 aromatic heterocycles. The number of benzene rings is 2. The number of anilines is 2. The van der Waals surface area contributed by atoms with Crippen LogP contribution in [0.2, 0.25) is 0 Å². The standard InChI is InChI=1S/C20H21N5O2/c1-13(26)21-19-23-20-22-17(14-6-4-3-5-7-14)12-18(25(20)24-19)15-8-10-16(27-2)11-9-15/h3-11,17-18H,12H2,1-2H3,(H2,21,22,23,24,26). The molecule has 2 N–H and O–H groups in total. The number of aromatic nitrogens is 3. The van der Waals surface area contributed by atoms with Crippen molar-refractivity contribution in [1.29, 1.82) is 0 Å². The minimum atomic E-state index is -0.196. The summed E-state index contributed by atoms with van der Waals surface area (Å²) in [6.07, 6.45) is 0.812. The highest BCUT2D eigenvalue weighted by Gasteiger charge is 2.31. The molecule has 0 bridgehead atoms. The quantitative estimate of drug-likeness (QED) is 0.743. The van der Waals surface area contributed by atoms with E-state index in [2.05, 4.69) is 32.8 Å². The molecule has 0 spiro atoms. The van der Waals surface area contributed by atoms with E-state index in [1.807, 2.05) is 47.1 Å². The van der Waals surface area contributed by atoms with E-state index in [0.717, 1.165) is 17.7 Å². The van der Waals surface area contributed by atoms with Gasteiger partial charge in [0.15, 0.2) is 0 Å². The van der Waals surface area contributed by atoms with Crippen molar-refractivity contribution in [3.8, 4) is 5.75 Å². The molecule has 3 aromatic rings. The fourth-order valence-electron chi connectivity index (χ4n) is 3.40. The van der Waals surface area contributed by atoms with Gasteiger partial charge in [0.05, 0.1) is 19.2 Å². The zero-order valence-electron chi connectivity index (χ0n) is 15.2. The topological polar surface area (TPSA) is 81.1 Å². The fourth-order valence-corrected chi connectivity index (χ4v) is 3.40. The lowest BCUT2D eigenvalue weighted by molar-refractivity contribution is -0.114. The number of rotatable bonds is 4. The first-order valence-corrected chi connectivity index (χ1v) is 8.83. The summed E-state index contributed by atoms with van der Waals surface area (Å²) in [6.45, 7) is 1.45. The number of nitrogens with one attached hydrogen (secondary N) is 2. The number of methoxy groups -OCH3 is 1. The first-order valence-electron chi connectivity index (χ1n) is 8.83. The van der Waals surface area contributed by atoms with E-state index in [9.17, 15) is 4.79 Å². The van der Waals surface area contributed by atoms with Gasteiger partial charge in [-0.25, -0.2) is 4.68 Å². The van der Waals surface area contributed by atoms with Gasteiger partial charge in [0.25, 0.3) is 5.95 Å². The highest BCUT2D eigenvalue weighted by molar-refractivity contribution is 5.86. The van der Waals surface area contributed by atoms with Crippen LogP contribution in [0.25, 0.3) is 0 Å². The molecule has 1 aliphatic rings. The van der Waals surface area contributed by atoms with Crippen LogP contribution in [-0.4, -0.2) is 27.8 Å². The van der Waals surface area contributed by atoms with Crippen molar-refractivity contribution in [1.82, 2.24) is 14.8 Å². The Morgan fingerprint density at radius 3 is 2.56 bits per heavy atom. The molecule has 1 aliphatic heterocycles. The minimum Gasteiger partial charge on any atom is -0.497 e. The fraction of sp³-hybridized carbons (Fsp3) is 0.250. The van der Waals surface area contributed by atoms with Gasteiger partial charge in [-0.1, -0.05) is 42.5 Å². The van der Waals surface area contributed by atoms with Crippen LogP contribution >= 0.6 is 0 Å². The van der Waals surface area contributed by atoms with Crippen molar-refractivity contribution in [2.24, 2.45) is 0 Å². The van der Waals surface area contributed by atoms with Gasteiger partial charge in [0.2, 0.25) is 11.9 Å². The molecule has 1 amide bonds. The predicted molar refractivity (Wildman–Crippen MR) is 103 cm³/mol. The van der Waals surface area contributed by atoms with Crippen LogP contribution in [0.4, 0.5) is 11.9 Å². The summed E-state index contributed by atoms with van der Waals surface area (Å²) in [4.78, 5) is 15.9. The number of nitrogens with zero attached hydrogens (tertiary/aromatic N) is 3. The van der Waals surface area contributed by atoms with Gasteiger partial charge in [-0.15, -0.1) is 5.10 Å². The maximum Gasteiger partial charge on any atom is 0.250 e. The summed E-state index contributed by atoms with van der Waals surface area (Å²) in [5.74, 6) is 1.56. The SMILES string of the molecule is COc1ccc(C2CC(c3ccccc3)Nc3nc(NC(C)=O)nn32)cc1. The minimum absolute atomic E-state index is 0.00706. The lowest BCUT2D eigenvalue weighted by atomic mass is 9.93. The van der Waals surface area contributed by atoms with Crippen LogP contribution in [-0.2, 0) is 4.79 Å². The van der Waals surface area contributed by atoms with Gasteiger partial charge >= 0.3 is 0 Å². The Morgan fingerprint density at radius 1 is 1.15 bits per heavy atom. The van der Waals surface area contributed by atoms with Crippen LogP contribution < -0.4 is 15.4 Å². The summed E-state index contributed by atoms with van der Waals surface area (Å²) in [5.41, 5.74) is 2.30. The normalized spacial score (nSPS) is 18.3. The molecule has 138 valence electrons. The number of hydrogen-bond donors (Lipinski definition) is 2. The average Bonchev–Trinajstić information content (AvgIpc) is 3.09. The zero-order chi connectivity index (χ0) is 18.8. The molecule has 0 saturated heterocycles. The Bertz CT molecular complexity index is 937. The monoisotopic (exact) mass is 363 g/mol. The molecule has 7 nitrogen and oxygen atoms in total. The Balaban J connectivity index is 1.73. The Kier molecular flexibility index (Phi) is 4.50. The van der Waals surface area contributed by atoms with Crippen molar-refractivity contribution in [2.75, 3.05) is 17.7 Å². The van der Waals surface area contributed by atoms with Crippen molar-refractivity contribution >= 4 is 17.8 Å². The van der Waals surface area contributed by atoms with Gasteiger partial charge in [0.1, 0.15) is 5.75 Å². The van der Waals surface area contributed by atoms with E-state index in [-0.39, 0.29) is 18.0 Å². The van der Waals surface area contributed by atoms with Gasteiger partial charge in [-0.05, 0) is 29.7 Å². The molecule has 2 heterocycles. The van der Waals surface area contributed by atoms with Crippen LogP contribution in [0.15, 0.2) is 54.6 Å². The summed E-state index contributed by atoms with van der Waals surface area (Å²) in [6, 6.07) is 18.3. The van der Waals surface area contributed by atoms with Crippen LogP contribution in [0.1, 0.15) is 36.6 Å². The van der Waals surface area contributed by atoms with Crippen LogP contribution in [0.3, 0.4) is 0 Å². The first kappa shape index (κ1) is 17.1. The number of carbonyl (C=O) groups is 1. The van der Waals surface area contributed by atoms with E-state index in [1.165, 1.54) is 12.5 Å². The van der Waals surface area contributed by atoms with Gasteiger partial charge in [-0.3, -0.25) is 10.1 Å². The van der Waals surface area contributed by atoms with Gasteiger partial charge < -0.3 is 10.1 Å². The number of carbonyl (C=O) groups excluding carboxylic acids is 1. The lowest BCUT2D eigenvalue weighted by Gasteiger charge is -2.31. The van der Waals surface area contributed by atoms with Crippen LogP contribution in [0, 0.1) is 0 Å². The van der Waals surface area contributed by atoms with E-state index in [4.69, 9.17) is 4.74 Å². The molecular formula is C20H21N5O2. The number of amides is 1. The maximum absolute atomic E-state index is 11.4. The third kappa shape index (κ3) is 3.48. The molecule has 4 rings (SSSR count). The van der Waals surface area contributed by atoms with Crippen LogP contribution in [0.5, 0.6) is 5.75 Å². The van der Waals surface area contributed by atoms with E-state index in [1.54, 1.807) is 7.11 Å². The molecule has 2 aromatic carbocycles. The summed E-state index contributed by atoms with van der Waals surface area (Å²) >= 11 is 0. The van der Waals surface area contributed by atoms with Crippen molar-refractivity contribution < 1.29 is 9.53 Å². The molecule has 0 aliphatic carbocycles. The van der Waals surface area contributed by atoms with Crippen molar-refractivity contribution in [2.45, 2.75) is 25.4 Å². The number of fused-ring (bicyclic) bond motifs is 1. The zero-order valence-corrected chi connectivity index (χ0v) is 15.2. The highest BCUT2D eigenvalue weighted by Crippen LogP contribution is 2.38. The second-order valence-corrected chi connectivity index (χ2v) is 6.52. The highest BCUT2D eigenvalue weighted by atomic mass is 16.5. The predicted octanol–water partition coefficient (Wildman–Crippen LogP) is 3.39. The third-order valence-electron chi connectivity index (χ3n) is 4.68. The molecule has 0 fully saturated rings. The maximum atomic E-state index is 11.4. The summed E-state index contributed by atoms with van der Waals surface area (Å²) in [7, 11) is 1.65. The molecule has 27 heavy (non-hydrogen) atoms. The van der Waals surface area contributed by atoms with E-state index >= 15 is 0 Å². The molecule has 2 atom stereocenters. The Labute approximate surface area is 157 Å². The Hall–Kier alpha value is -3.35. The molecule has 7 heteroatoms. The lowest BCUT2D eigenvalue weighted by Crippen LogP contribution is -2.28. The Morgan fingerprint density at radius 2 is 1.89 bits per heavy atom. The number of ether oxygens (including phenoxy) is 1. The summed E-state index contributed by atoms with van der Waals surface area (Å²) < 4.78 is 7.11. The largest absolute Gasteiger partial charge is 0.497 e. The molecule has 2 unspecified atom stereocenters. The molecule has 0 saturated carbocycles. The van der Waals surface area contributed by atoms with E-state index < -0.39 is 0 Å². The molecular weight excluding hydrogens is 342 g/mol. The second kappa shape index (κ2) is 7.11. The average molecular weight is 363 g/mol. The number of hydrogen-bond acceptors (Lipinski definition) is 5.